The molecule has 6 aromatic heterocycles. The van der Waals surface area contributed by atoms with E-state index in [2.05, 4.69) is 360 Å². The first-order chi connectivity index (χ1) is 52.8. The Morgan fingerprint density at radius 2 is 0.673 bits per heavy atom. The second kappa shape index (κ2) is 23.5. The zero-order chi connectivity index (χ0) is 70.6. The number of hydrogen-bond acceptors (Lipinski definition) is 4. The lowest BCUT2D eigenvalue weighted by Gasteiger charge is -2.22. The summed E-state index contributed by atoms with van der Waals surface area (Å²) in [5.41, 5.74) is 25.3. The monoisotopic (exact) mass is 1360 g/mol. The van der Waals surface area contributed by atoms with Crippen molar-refractivity contribution in [3.05, 3.63) is 363 Å². The number of para-hydroxylation sites is 8. The number of rotatable bonds is 7. The molecular weight excluding hydrogens is 1300 g/mol. The van der Waals surface area contributed by atoms with Gasteiger partial charge >= 0.3 is 0 Å². The van der Waals surface area contributed by atoms with Crippen molar-refractivity contribution in [1.82, 2.24) is 38.2 Å². The number of hydrogen-bond donors (Lipinski definition) is 0. The quantitative estimate of drug-likeness (QED) is 0.159. The van der Waals surface area contributed by atoms with Gasteiger partial charge in [0.1, 0.15) is 0 Å². The molecule has 107 heavy (non-hydrogen) atoms. The highest BCUT2D eigenvalue weighted by Crippen LogP contribution is 2.51. The molecule has 16 aromatic carbocycles. The van der Waals surface area contributed by atoms with Crippen LogP contribution in [0.1, 0.15) is 25.0 Å². The first kappa shape index (κ1) is 60.5. The Bertz CT molecular complexity index is 7480. The lowest BCUT2D eigenvalue weighted by Crippen LogP contribution is -2.15. The van der Waals surface area contributed by atoms with Crippen LogP contribution in [0.3, 0.4) is 0 Å². The molecular formula is C99H64N8. The molecule has 0 saturated carbocycles. The summed E-state index contributed by atoms with van der Waals surface area (Å²) < 4.78 is 9.22. The van der Waals surface area contributed by atoms with Gasteiger partial charge in [-0.05, 0) is 175 Å². The number of aromatic nitrogens is 8. The first-order valence-electron chi connectivity index (χ1n) is 36.7. The first-order valence-corrected chi connectivity index (χ1v) is 36.7. The summed E-state index contributed by atoms with van der Waals surface area (Å²) in [5.74, 6) is 1.35. The average molecular weight is 1370 g/mol. The van der Waals surface area contributed by atoms with E-state index in [1.807, 2.05) is 24.4 Å². The largest absolute Gasteiger partial charge is 0.309 e. The third-order valence-corrected chi connectivity index (χ3v) is 22.7. The molecule has 0 fully saturated rings. The van der Waals surface area contributed by atoms with Crippen molar-refractivity contribution in [2.75, 3.05) is 0 Å². The Morgan fingerprint density at radius 1 is 0.243 bits per heavy atom. The van der Waals surface area contributed by atoms with E-state index >= 15 is 0 Å². The lowest BCUT2D eigenvalue weighted by molar-refractivity contribution is 0.660. The van der Waals surface area contributed by atoms with E-state index in [1.54, 1.807) is 0 Å². The molecule has 22 aromatic rings. The minimum atomic E-state index is -0.118. The molecule has 500 valence electrons. The standard InChI is InChI=1S/C57H38N4.C42H26N4/c1-57(2)47-20-10-6-16-40(47)41-29-26-38(34-48(41)57)55-43-18-7-11-21-49(43)58-56(59-55)61-51-23-13-9-19-44(51)54-45-32-36(25-24-35(45)27-31-53(54)61)37-28-30-52-46(33-37)42-17-8-12-22-50(42)60(52)39-14-4-3-5-15-39;1-2-11-31(12-3-1)45-37-16-8-5-13-32(37)33-22-20-29(25-40(33)45)28-19-18-27-21-23-39-41(35(27)24-28)34-14-6-9-17-38(34)46(39)42-43-26-30-10-4-7-15-36(30)44-42/h3-34H,1-2H3;1-26H. The fraction of sp³-hybridized carbons (Fsp3) is 0.0303. The highest BCUT2D eigenvalue weighted by Gasteiger charge is 2.36. The fourth-order valence-electron chi connectivity index (χ4n) is 17.7. The lowest BCUT2D eigenvalue weighted by atomic mass is 9.82. The summed E-state index contributed by atoms with van der Waals surface area (Å²) in [5, 5.41) is 16.7. The topological polar surface area (TPSA) is 71.3 Å². The van der Waals surface area contributed by atoms with Gasteiger partial charge in [-0.15, -0.1) is 0 Å². The van der Waals surface area contributed by atoms with Gasteiger partial charge in [0.05, 0.1) is 60.9 Å². The van der Waals surface area contributed by atoms with E-state index in [4.69, 9.17) is 19.9 Å². The van der Waals surface area contributed by atoms with Crippen LogP contribution in [0.4, 0.5) is 0 Å². The molecule has 0 N–H and O–H groups in total. The Labute approximate surface area is 615 Å². The summed E-state index contributed by atoms with van der Waals surface area (Å²) in [6, 6.07) is 125. The molecule has 8 nitrogen and oxygen atoms in total. The van der Waals surface area contributed by atoms with Crippen LogP contribution in [-0.4, -0.2) is 38.2 Å². The van der Waals surface area contributed by atoms with Crippen LogP contribution in [-0.2, 0) is 5.41 Å². The summed E-state index contributed by atoms with van der Waals surface area (Å²) in [6.45, 7) is 4.67. The molecule has 1 aliphatic rings. The molecule has 0 bridgehead atoms. The van der Waals surface area contributed by atoms with Crippen molar-refractivity contribution in [2.24, 2.45) is 0 Å². The zero-order valence-electron chi connectivity index (χ0n) is 58.6. The van der Waals surface area contributed by atoms with Gasteiger partial charge in [0.2, 0.25) is 11.9 Å². The van der Waals surface area contributed by atoms with Crippen molar-refractivity contribution >= 4 is 131 Å². The molecule has 0 aliphatic heterocycles. The molecule has 0 unspecified atom stereocenters. The van der Waals surface area contributed by atoms with Gasteiger partial charge in [0.15, 0.2) is 0 Å². The summed E-state index contributed by atoms with van der Waals surface area (Å²) >= 11 is 0. The van der Waals surface area contributed by atoms with Crippen molar-refractivity contribution in [2.45, 2.75) is 19.3 Å². The van der Waals surface area contributed by atoms with Crippen molar-refractivity contribution in [3.8, 4) is 67.9 Å². The molecule has 0 atom stereocenters. The molecule has 0 spiro atoms. The van der Waals surface area contributed by atoms with E-state index in [-0.39, 0.29) is 5.41 Å². The van der Waals surface area contributed by atoms with Crippen LogP contribution in [0.15, 0.2) is 352 Å². The average Bonchev–Trinajstić information content (AvgIpc) is 1.57. The molecule has 23 rings (SSSR count). The van der Waals surface area contributed by atoms with E-state index < -0.39 is 0 Å². The van der Waals surface area contributed by atoms with Crippen LogP contribution in [0, 0.1) is 0 Å². The molecule has 6 heterocycles. The molecule has 8 heteroatoms. The number of fused-ring (bicyclic) bond motifs is 21. The van der Waals surface area contributed by atoms with E-state index in [1.165, 1.54) is 131 Å². The van der Waals surface area contributed by atoms with E-state index in [0.29, 0.717) is 11.9 Å². The Kier molecular flexibility index (Phi) is 13.3. The molecule has 1 aliphatic carbocycles. The van der Waals surface area contributed by atoms with Gasteiger partial charge in [-0.2, -0.15) is 0 Å². The predicted molar refractivity (Wildman–Crippen MR) is 445 cm³/mol. The zero-order valence-corrected chi connectivity index (χ0v) is 58.6. The second-order valence-electron chi connectivity index (χ2n) is 28.9. The van der Waals surface area contributed by atoms with E-state index in [9.17, 15) is 0 Å². The maximum atomic E-state index is 5.51. The van der Waals surface area contributed by atoms with Crippen LogP contribution in [0.25, 0.3) is 198 Å². The summed E-state index contributed by atoms with van der Waals surface area (Å²) in [4.78, 5) is 20.6. The summed E-state index contributed by atoms with van der Waals surface area (Å²) in [6.07, 6.45) is 1.92. The minimum Gasteiger partial charge on any atom is -0.309 e. The smallest absolute Gasteiger partial charge is 0.235 e. The fourth-order valence-corrected chi connectivity index (χ4v) is 17.7. The normalized spacial score (nSPS) is 12.7. The maximum absolute atomic E-state index is 5.51. The van der Waals surface area contributed by atoms with Crippen LogP contribution in [0.5, 0.6) is 0 Å². The van der Waals surface area contributed by atoms with Gasteiger partial charge in [0, 0.05) is 82.4 Å². The van der Waals surface area contributed by atoms with Gasteiger partial charge < -0.3 is 9.13 Å². The van der Waals surface area contributed by atoms with Gasteiger partial charge in [-0.3, -0.25) is 9.13 Å². The van der Waals surface area contributed by atoms with Crippen LogP contribution in [0.2, 0.25) is 0 Å². The van der Waals surface area contributed by atoms with Crippen molar-refractivity contribution in [1.29, 1.82) is 0 Å². The molecule has 0 saturated heterocycles. The maximum Gasteiger partial charge on any atom is 0.235 e. The molecule has 0 radical (unpaired) electrons. The minimum absolute atomic E-state index is 0.118. The highest BCUT2D eigenvalue weighted by atomic mass is 15.2. The number of nitrogens with zero attached hydrogens (tertiary/aromatic N) is 8. The Morgan fingerprint density at radius 3 is 1.33 bits per heavy atom. The van der Waals surface area contributed by atoms with Gasteiger partial charge in [-0.25, -0.2) is 19.9 Å². The van der Waals surface area contributed by atoms with Gasteiger partial charge in [-0.1, -0.05) is 250 Å². The van der Waals surface area contributed by atoms with E-state index in [0.717, 1.165) is 66.5 Å². The second-order valence-corrected chi connectivity index (χ2v) is 28.9. The Balaban J connectivity index is 0.000000138. The molecule has 0 amide bonds. The third kappa shape index (κ3) is 9.29. The van der Waals surface area contributed by atoms with Crippen LogP contribution >= 0.6 is 0 Å². The Hall–Kier alpha value is -14.1. The third-order valence-electron chi connectivity index (χ3n) is 22.7. The summed E-state index contributed by atoms with van der Waals surface area (Å²) in [7, 11) is 0. The van der Waals surface area contributed by atoms with Crippen LogP contribution < -0.4 is 0 Å². The number of benzene rings is 16. The van der Waals surface area contributed by atoms with Crippen molar-refractivity contribution in [3.63, 3.8) is 0 Å². The SMILES string of the molecule is CC1(C)c2ccccc2-c2ccc(-c3nc(-n4c5ccccc5c5c6cc(-c7ccc8c(c7)c7ccccc7n8-c7ccccc7)ccc6ccc54)nc4ccccc34)cc21.c1ccc(-n2c3ccccc3c3ccc(-c4ccc5ccc6c(c5c4)c4ccccc4n6-c4ncc5ccccc5n4)cc32)cc1. The predicted octanol–water partition coefficient (Wildman–Crippen LogP) is 25.3. The van der Waals surface area contributed by atoms with Gasteiger partial charge in [0.25, 0.3) is 0 Å². The van der Waals surface area contributed by atoms with Crippen molar-refractivity contribution < 1.29 is 0 Å². The highest BCUT2D eigenvalue weighted by molar-refractivity contribution is 6.24.